The molecule has 0 bridgehead atoms. The molecule has 3 aromatic rings. The number of aromatic amines is 1. The van der Waals surface area contributed by atoms with Crippen molar-refractivity contribution in [1.82, 2.24) is 20.3 Å². The van der Waals surface area contributed by atoms with Crippen molar-refractivity contribution in [3.05, 3.63) is 42.0 Å². The first-order valence-corrected chi connectivity index (χ1v) is 8.17. The van der Waals surface area contributed by atoms with E-state index in [0.29, 0.717) is 31.3 Å². The first-order valence-electron chi connectivity index (χ1n) is 8.17. The zero-order valence-electron chi connectivity index (χ0n) is 13.3. The fourth-order valence-electron chi connectivity index (χ4n) is 3.36. The number of amides is 1. The summed E-state index contributed by atoms with van der Waals surface area (Å²) in [5, 5.41) is 10.7. The number of aromatic nitrogens is 4. The number of nitrogens with zero attached hydrogens (tertiary/aromatic N) is 4. The fraction of sp³-hybridized carbons (Fsp3) is 0.294. The molecule has 2 aliphatic rings. The summed E-state index contributed by atoms with van der Waals surface area (Å²) in [5.74, 6) is 1.87. The predicted molar refractivity (Wildman–Crippen MR) is 87.2 cm³/mol. The van der Waals surface area contributed by atoms with Gasteiger partial charge in [0, 0.05) is 31.1 Å². The molecule has 0 saturated carbocycles. The SMILES string of the molecule is O=C1C[C@H](c2nc(-c3ccc4c(c3)CCO4)no2)CN1c1cn[nH]c1. The minimum absolute atomic E-state index is 0.0285. The lowest BCUT2D eigenvalue weighted by Crippen LogP contribution is -2.23. The van der Waals surface area contributed by atoms with Crippen LogP contribution in [0.2, 0.25) is 0 Å². The van der Waals surface area contributed by atoms with Crippen molar-refractivity contribution in [2.45, 2.75) is 18.8 Å². The number of hydrogen-bond donors (Lipinski definition) is 1. The summed E-state index contributed by atoms with van der Waals surface area (Å²) in [4.78, 5) is 18.4. The highest BCUT2D eigenvalue weighted by Crippen LogP contribution is 2.33. The summed E-state index contributed by atoms with van der Waals surface area (Å²) in [6.07, 6.45) is 4.58. The summed E-state index contributed by atoms with van der Waals surface area (Å²) in [7, 11) is 0. The van der Waals surface area contributed by atoms with Gasteiger partial charge in [-0.05, 0) is 23.8 Å². The zero-order valence-corrected chi connectivity index (χ0v) is 13.3. The van der Waals surface area contributed by atoms with E-state index in [1.54, 1.807) is 17.3 Å². The second-order valence-corrected chi connectivity index (χ2v) is 6.24. The third-order valence-electron chi connectivity index (χ3n) is 4.66. The Kier molecular flexibility index (Phi) is 3.09. The van der Waals surface area contributed by atoms with Gasteiger partial charge in [0.05, 0.1) is 24.4 Å². The van der Waals surface area contributed by atoms with Crippen LogP contribution < -0.4 is 9.64 Å². The van der Waals surface area contributed by atoms with E-state index in [1.807, 2.05) is 18.2 Å². The highest BCUT2D eigenvalue weighted by atomic mass is 16.5. The van der Waals surface area contributed by atoms with Crippen molar-refractivity contribution in [2.75, 3.05) is 18.1 Å². The van der Waals surface area contributed by atoms with Crippen LogP contribution in [0.5, 0.6) is 5.75 Å². The van der Waals surface area contributed by atoms with Gasteiger partial charge in [0.25, 0.3) is 0 Å². The second kappa shape index (κ2) is 5.44. The highest BCUT2D eigenvalue weighted by Gasteiger charge is 2.35. The van der Waals surface area contributed by atoms with Gasteiger partial charge in [-0.1, -0.05) is 5.16 Å². The van der Waals surface area contributed by atoms with Gasteiger partial charge in [-0.15, -0.1) is 0 Å². The Labute approximate surface area is 142 Å². The summed E-state index contributed by atoms with van der Waals surface area (Å²) in [6.45, 7) is 1.22. The number of carbonyl (C=O) groups excluding carboxylic acids is 1. The molecule has 1 aromatic carbocycles. The van der Waals surface area contributed by atoms with E-state index in [-0.39, 0.29) is 11.8 Å². The van der Waals surface area contributed by atoms with E-state index in [1.165, 1.54) is 0 Å². The molecule has 1 amide bonds. The summed E-state index contributed by atoms with van der Waals surface area (Å²) in [6, 6.07) is 5.90. The molecule has 5 rings (SSSR count). The molecule has 0 unspecified atom stereocenters. The van der Waals surface area contributed by atoms with Crippen LogP contribution in [0.15, 0.2) is 35.1 Å². The topological polar surface area (TPSA) is 97.1 Å². The molecule has 8 heteroatoms. The maximum absolute atomic E-state index is 12.2. The molecule has 1 saturated heterocycles. The summed E-state index contributed by atoms with van der Waals surface area (Å²) >= 11 is 0. The summed E-state index contributed by atoms with van der Waals surface area (Å²) < 4.78 is 11.0. The van der Waals surface area contributed by atoms with E-state index in [0.717, 1.165) is 29.0 Å². The molecule has 25 heavy (non-hydrogen) atoms. The van der Waals surface area contributed by atoms with Crippen LogP contribution >= 0.6 is 0 Å². The maximum Gasteiger partial charge on any atom is 0.232 e. The highest BCUT2D eigenvalue weighted by molar-refractivity contribution is 5.96. The molecular formula is C17H15N5O3. The molecule has 4 heterocycles. The lowest BCUT2D eigenvalue weighted by molar-refractivity contribution is -0.117. The molecule has 1 atom stereocenters. The van der Waals surface area contributed by atoms with E-state index in [2.05, 4.69) is 20.3 Å². The second-order valence-electron chi connectivity index (χ2n) is 6.24. The van der Waals surface area contributed by atoms with Gasteiger partial charge in [0.2, 0.25) is 17.6 Å². The summed E-state index contributed by atoms with van der Waals surface area (Å²) in [5.41, 5.74) is 2.81. The quantitative estimate of drug-likeness (QED) is 0.784. The molecule has 126 valence electrons. The number of anilines is 1. The molecular weight excluding hydrogens is 322 g/mol. The average Bonchev–Trinajstić information content (AvgIpc) is 3.39. The Balaban J connectivity index is 1.39. The molecule has 1 fully saturated rings. The monoisotopic (exact) mass is 337 g/mol. The molecule has 8 nitrogen and oxygen atoms in total. The molecule has 2 aromatic heterocycles. The Morgan fingerprint density at radius 3 is 3.16 bits per heavy atom. The van der Waals surface area contributed by atoms with Crippen LogP contribution in [0.3, 0.4) is 0 Å². The molecule has 1 N–H and O–H groups in total. The van der Waals surface area contributed by atoms with Gasteiger partial charge in [0.1, 0.15) is 5.75 Å². The Bertz CT molecular complexity index is 934. The van der Waals surface area contributed by atoms with Crippen molar-refractivity contribution >= 4 is 11.6 Å². The molecule has 0 radical (unpaired) electrons. The number of ether oxygens (including phenoxy) is 1. The van der Waals surface area contributed by atoms with Crippen LogP contribution in [-0.4, -0.2) is 39.4 Å². The Hall–Kier alpha value is -3.16. The first kappa shape index (κ1) is 14.2. The third kappa shape index (κ3) is 2.37. The van der Waals surface area contributed by atoms with Gasteiger partial charge < -0.3 is 14.2 Å². The Morgan fingerprint density at radius 2 is 2.28 bits per heavy atom. The number of H-pyrrole nitrogens is 1. The Morgan fingerprint density at radius 1 is 1.32 bits per heavy atom. The van der Waals surface area contributed by atoms with Crippen molar-refractivity contribution in [3.63, 3.8) is 0 Å². The van der Waals surface area contributed by atoms with Crippen molar-refractivity contribution < 1.29 is 14.1 Å². The fourth-order valence-corrected chi connectivity index (χ4v) is 3.36. The van der Waals surface area contributed by atoms with Gasteiger partial charge in [-0.25, -0.2) is 0 Å². The lowest BCUT2D eigenvalue weighted by Gasteiger charge is -2.12. The van der Waals surface area contributed by atoms with Crippen molar-refractivity contribution in [1.29, 1.82) is 0 Å². The number of fused-ring (bicyclic) bond motifs is 1. The normalized spacial score (nSPS) is 19.3. The van der Waals surface area contributed by atoms with Gasteiger partial charge >= 0.3 is 0 Å². The average molecular weight is 337 g/mol. The van der Waals surface area contributed by atoms with E-state index in [9.17, 15) is 4.79 Å². The smallest absolute Gasteiger partial charge is 0.232 e. The molecule has 0 spiro atoms. The van der Waals surface area contributed by atoms with Crippen LogP contribution in [0.1, 0.15) is 23.8 Å². The van der Waals surface area contributed by atoms with Crippen LogP contribution in [0.4, 0.5) is 5.69 Å². The van der Waals surface area contributed by atoms with Crippen LogP contribution in [-0.2, 0) is 11.2 Å². The van der Waals surface area contributed by atoms with Crippen molar-refractivity contribution in [3.8, 4) is 17.1 Å². The maximum atomic E-state index is 12.2. The lowest BCUT2D eigenvalue weighted by atomic mass is 10.1. The minimum Gasteiger partial charge on any atom is -0.493 e. The van der Waals surface area contributed by atoms with Gasteiger partial charge in [-0.3, -0.25) is 9.89 Å². The molecule has 0 aliphatic carbocycles. The van der Waals surface area contributed by atoms with Crippen LogP contribution in [0, 0.1) is 0 Å². The minimum atomic E-state index is -0.110. The zero-order chi connectivity index (χ0) is 16.8. The van der Waals surface area contributed by atoms with Gasteiger partial charge in [-0.2, -0.15) is 10.1 Å². The standard InChI is InChI=1S/C17H15N5O3/c23-15-6-12(9-22(15)13-7-18-19-8-13)17-20-16(21-25-17)11-1-2-14-10(5-11)3-4-24-14/h1-2,5,7-8,12H,3-4,6,9H2,(H,18,19)/t12-/m0/s1. The number of hydrogen-bond acceptors (Lipinski definition) is 6. The van der Waals surface area contributed by atoms with Gasteiger partial charge in [0.15, 0.2) is 0 Å². The first-order chi connectivity index (χ1) is 12.3. The third-order valence-corrected chi connectivity index (χ3v) is 4.66. The van der Waals surface area contributed by atoms with E-state index < -0.39 is 0 Å². The van der Waals surface area contributed by atoms with Crippen LogP contribution in [0.25, 0.3) is 11.4 Å². The molecule has 2 aliphatic heterocycles. The number of nitrogens with one attached hydrogen (secondary N) is 1. The largest absolute Gasteiger partial charge is 0.493 e. The van der Waals surface area contributed by atoms with E-state index >= 15 is 0 Å². The van der Waals surface area contributed by atoms with Crippen molar-refractivity contribution in [2.24, 2.45) is 0 Å². The number of carbonyl (C=O) groups is 1. The number of rotatable bonds is 3. The number of benzene rings is 1. The van der Waals surface area contributed by atoms with E-state index in [4.69, 9.17) is 9.26 Å². The predicted octanol–water partition coefficient (Wildman–Crippen LogP) is 1.92.